The summed E-state index contributed by atoms with van der Waals surface area (Å²) in [6, 6.07) is 4.62. The fourth-order valence-electron chi connectivity index (χ4n) is 4.43. The lowest BCUT2D eigenvalue weighted by atomic mass is 9.90. The predicted octanol–water partition coefficient (Wildman–Crippen LogP) is 4.62. The summed E-state index contributed by atoms with van der Waals surface area (Å²) in [6.07, 6.45) is -0.353. The minimum absolute atomic E-state index is 0.0696. The Morgan fingerprint density at radius 2 is 1.83 bits per heavy atom. The molecule has 2 aromatic rings. The average Bonchev–Trinajstić information content (AvgIpc) is 3.28. The Bertz CT molecular complexity index is 867. The molecule has 0 spiro atoms. The van der Waals surface area contributed by atoms with Crippen molar-refractivity contribution in [3.63, 3.8) is 0 Å². The van der Waals surface area contributed by atoms with Gasteiger partial charge in [0.05, 0.1) is 5.56 Å². The molecule has 0 aliphatic carbocycles. The van der Waals surface area contributed by atoms with Crippen LogP contribution < -0.4 is 4.90 Å². The van der Waals surface area contributed by atoms with Crippen LogP contribution >= 0.6 is 0 Å². The third-order valence-corrected chi connectivity index (χ3v) is 5.97. The molecular weight excluding hydrogens is 385 g/mol. The number of anilines is 1. The van der Waals surface area contributed by atoms with Gasteiger partial charge in [0, 0.05) is 37.2 Å². The van der Waals surface area contributed by atoms with E-state index in [0.29, 0.717) is 23.8 Å². The molecule has 0 N–H and O–H groups in total. The SMILES string of the molecule is CCc1noc(C2CC3CCC(C2)N3C(=O)N(C)c2ccc(C(F)(F)F)cc2)n1. The molecule has 1 aromatic carbocycles. The van der Waals surface area contributed by atoms with Gasteiger partial charge in [0.1, 0.15) is 0 Å². The van der Waals surface area contributed by atoms with Crippen molar-refractivity contribution < 1.29 is 22.5 Å². The van der Waals surface area contributed by atoms with Crippen LogP contribution in [0.1, 0.15) is 55.8 Å². The van der Waals surface area contributed by atoms with Crippen molar-refractivity contribution in [3.8, 4) is 0 Å². The first-order chi connectivity index (χ1) is 13.8. The number of rotatable bonds is 3. The molecule has 29 heavy (non-hydrogen) atoms. The number of fused-ring (bicyclic) bond motifs is 2. The number of carbonyl (C=O) groups is 1. The number of aromatic nitrogens is 2. The van der Waals surface area contributed by atoms with E-state index >= 15 is 0 Å². The van der Waals surface area contributed by atoms with Gasteiger partial charge in [0.25, 0.3) is 0 Å². The summed E-state index contributed by atoms with van der Waals surface area (Å²) in [7, 11) is 1.60. The number of carbonyl (C=O) groups excluding carboxylic acids is 1. The average molecular weight is 408 g/mol. The third-order valence-electron chi connectivity index (χ3n) is 5.97. The van der Waals surface area contributed by atoms with E-state index in [0.717, 1.165) is 37.8 Å². The molecule has 6 nitrogen and oxygen atoms in total. The number of urea groups is 1. The van der Waals surface area contributed by atoms with E-state index in [9.17, 15) is 18.0 Å². The Morgan fingerprint density at radius 1 is 1.21 bits per heavy atom. The van der Waals surface area contributed by atoms with Crippen LogP contribution in [0.25, 0.3) is 0 Å². The van der Waals surface area contributed by atoms with Gasteiger partial charge in [0.2, 0.25) is 5.89 Å². The van der Waals surface area contributed by atoms with Gasteiger partial charge in [0.15, 0.2) is 5.82 Å². The maximum absolute atomic E-state index is 13.1. The van der Waals surface area contributed by atoms with Crippen molar-refractivity contribution in [3.05, 3.63) is 41.5 Å². The van der Waals surface area contributed by atoms with E-state index in [4.69, 9.17) is 4.52 Å². The molecular formula is C20H23F3N4O2. The maximum atomic E-state index is 13.1. The molecule has 2 fully saturated rings. The van der Waals surface area contributed by atoms with Crippen LogP contribution in [-0.2, 0) is 12.6 Å². The molecule has 156 valence electrons. The molecule has 2 bridgehead atoms. The van der Waals surface area contributed by atoms with Gasteiger partial charge >= 0.3 is 12.2 Å². The molecule has 2 unspecified atom stereocenters. The lowest BCUT2D eigenvalue weighted by Gasteiger charge is -2.39. The number of aryl methyl sites for hydroxylation is 1. The summed E-state index contributed by atoms with van der Waals surface area (Å²) < 4.78 is 43.7. The van der Waals surface area contributed by atoms with Crippen LogP contribution in [0.4, 0.5) is 23.7 Å². The van der Waals surface area contributed by atoms with E-state index in [-0.39, 0.29) is 24.0 Å². The fourth-order valence-corrected chi connectivity index (χ4v) is 4.43. The Kier molecular flexibility index (Phi) is 5.00. The summed E-state index contributed by atoms with van der Waals surface area (Å²) in [5.41, 5.74) is -0.289. The highest BCUT2D eigenvalue weighted by Gasteiger charge is 2.46. The number of piperidine rings is 1. The lowest BCUT2D eigenvalue weighted by molar-refractivity contribution is -0.137. The van der Waals surface area contributed by atoms with Crippen molar-refractivity contribution in [2.45, 2.75) is 63.2 Å². The summed E-state index contributed by atoms with van der Waals surface area (Å²) in [5.74, 6) is 1.47. The molecule has 2 amide bonds. The Hall–Kier alpha value is -2.58. The standard InChI is InChI=1S/C20H23F3N4O2/c1-3-17-24-18(29-25-17)12-10-15-8-9-16(11-12)27(15)19(28)26(2)14-6-4-13(5-7-14)20(21,22)23/h4-7,12,15-16H,3,8-11H2,1-2H3. The minimum atomic E-state index is -4.39. The maximum Gasteiger partial charge on any atom is 0.416 e. The van der Waals surface area contributed by atoms with Gasteiger partial charge in [-0.2, -0.15) is 18.2 Å². The Morgan fingerprint density at radius 3 is 2.34 bits per heavy atom. The molecule has 9 heteroatoms. The second-order valence-electron chi connectivity index (χ2n) is 7.75. The molecule has 2 saturated heterocycles. The molecule has 0 radical (unpaired) electrons. The van der Waals surface area contributed by atoms with Gasteiger partial charge < -0.3 is 9.42 Å². The van der Waals surface area contributed by atoms with Gasteiger partial charge in [-0.25, -0.2) is 4.79 Å². The van der Waals surface area contributed by atoms with Crippen LogP contribution in [0.15, 0.2) is 28.8 Å². The molecule has 4 rings (SSSR count). The first kappa shape index (κ1) is 19.7. The van der Waals surface area contributed by atoms with Gasteiger partial charge in [-0.15, -0.1) is 0 Å². The van der Waals surface area contributed by atoms with E-state index in [1.807, 2.05) is 11.8 Å². The topological polar surface area (TPSA) is 62.5 Å². The van der Waals surface area contributed by atoms with Crippen LogP contribution in [-0.4, -0.2) is 40.2 Å². The van der Waals surface area contributed by atoms with Crippen molar-refractivity contribution in [1.82, 2.24) is 15.0 Å². The number of amides is 2. The van der Waals surface area contributed by atoms with Gasteiger partial charge in [-0.3, -0.25) is 4.90 Å². The number of halogens is 3. The molecule has 0 saturated carbocycles. The lowest BCUT2D eigenvalue weighted by Crippen LogP contribution is -2.51. The zero-order chi connectivity index (χ0) is 20.8. The quantitative estimate of drug-likeness (QED) is 0.744. The molecule has 3 heterocycles. The minimum Gasteiger partial charge on any atom is -0.339 e. The summed E-state index contributed by atoms with van der Waals surface area (Å²) in [5, 5.41) is 3.97. The van der Waals surface area contributed by atoms with E-state index in [2.05, 4.69) is 10.1 Å². The monoisotopic (exact) mass is 408 g/mol. The summed E-state index contributed by atoms with van der Waals surface area (Å²) >= 11 is 0. The zero-order valence-electron chi connectivity index (χ0n) is 16.3. The van der Waals surface area contributed by atoms with Crippen molar-refractivity contribution in [2.24, 2.45) is 0 Å². The number of benzene rings is 1. The fraction of sp³-hybridized carbons (Fsp3) is 0.550. The Labute approximate surface area is 166 Å². The second-order valence-corrected chi connectivity index (χ2v) is 7.75. The van der Waals surface area contributed by atoms with Gasteiger partial charge in [-0.05, 0) is 49.9 Å². The highest BCUT2D eigenvalue weighted by Crippen LogP contribution is 2.43. The summed E-state index contributed by atoms with van der Waals surface area (Å²) in [4.78, 5) is 20.9. The van der Waals surface area contributed by atoms with Crippen LogP contribution in [0.5, 0.6) is 0 Å². The van der Waals surface area contributed by atoms with Crippen molar-refractivity contribution in [2.75, 3.05) is 11.9 Å². The molecule has 2 aliphatic heterocycles. The third kappa shape index (κ3) is 3.70. The molecule has 1 aromatic heterocycles. The van der Waals surface area contributed by atoms with Gasteiger partial charge in [-0.1, -0.05) is 12.1 Å². The number of hydrogen-bond acceptors (Lipinski definition) is 4. The van der Waals surface area contributed by atoms with Crippen molar-refractivity contribution >= 4 is 11.7 Å². The normalized spacial score (nSPS) is 24.0. The number of nitrogens with zero attached hydrogens (tertiary/aromatic N) is 4. The van der Waals surface area contributed by atoms with Crippen LogP contribution in [0, 0.1) is 0 Å². The first-order valence-electron chi connectivity index (χ1n) is 9.83. The Balaban J connectivity index is 1.47. The number of hydrogen-bond donors (Lipinski definition) is 0. The zero-order valence-corrected chi connectivity index (χ0v) is 16.3. The van der Waals surface area contributed by atoms with E-state index in [1.54, 1.807) is 7.05 Å². The first-order valence-corrected chi connectivity index (χ1v) is 9.83. The predicted molar refractivity (Wildman–Crippen MR) is 99.5 cm³/mol. The second kappa shape index (κ2) is 7.35. The van der Waals surface area contributed by atoms with Crippen LogP contribution in [0.2, 0.25) is 0 Å². The largest absolute Gasteiger partial charge is 0.416 e. The van der Waals surface area contributed by atoms with Crippen LogP contribution in [0.3, 0.4) is 0 Å². The van der Waals surface area contributed by atoms with Crippen molar-refractivity contribution in [1.29, 1.82) is 0 Å². The smallest absolute Gasteiger partial charge is 0.339 e. The highest BCUT2D eigenvalue weighted by atomic mass is 19.4. The van der Waals surface area contributed by atoms with E-state index < -0.39 is 11.7 Å². The van der Waals surface area contributed by atoms with E-state index in [1.165, 1.54) is 17.0 Å². The number of alkyl halides is 3. The molecule has 2 aliphatic rings. The highest BCUT2D eigenvalue weighted by molar-refractivity contribution is 5.92. The summed E-state index contributed by atoms with van der Waals surface area (Å²) in [6.45, 7) is 1.97. The molecule has 2 atom stereocenters.